The van der Waals surface area contributed by atoms with E-state index in [4.69, 9.17) is 4.74 Å². The Morgan fingerprint density at radius 3 is 2.86 bits per heavy atom. The maximum Gasteiger partial charge on any atom is 0.306 e. The third-order valence-corrected chi connectivity index (χ3v) is 4.36. The van der Waals surface area contributed by atoms with Crippen molar-refractivity contribution >= 4 is 33.4 Å². The van der Waals surface area contributed by atoms with Gasteiger partial charge < -0.3 is 10.1 Å². The first-order valence-corrected chi connectivity index (χ1v) is 8.19. The van der Waals surface area contributed by atoms with Crippen molar-refractivity contribution in [3.8, 4) is 0 Å². The minimum atomic E-state index is -0.376. The number of benzene rings is 1. The Bertz CT molecular complexity index is 621. The number of aryl methyl sites for hydroxylation is 1. The van der Waals surface area contributed by atoms with Gasteiger partial charge in [0.1, 0.15) is 0 Å². The monoisotopic (exact) mass is 320 g/mol. The molecule has 2 aromatic rings. The number of aromatic nitrogens is 1. The first-order chi connectivity index (χ1) is 10.6. The summed E-state index contributed by atoms with van der Waals surface area (Å²) in [7, 11) is 0. The highest BCUT2D eigenvalue weighted by Gasteiger charge is 2.11. The summed E-state index contributed by atoms with van der Waals surface area (Å²) in [5.74, 6) is -0.638. The van der Waals surface area contributed by atoms with Gasteiger partial charge in [-0.05, 0) is 25.5 Å². The summed E-state index contributed by atoms with van der Waals surface area (Å²) in [5, 5.41) is 3.65. The molecule has 1 unspecified atom stereocenters. The molecule has 118 valence electrons. The molecule has 1 amide bonds. The van der Waals surface area contributed by atoms with Gasteiger partial charge in [0, 0.05) is 12.5 Å². The molecule has 5 nitrogen and oxygen atoms in total. The van der Waals surface area contributed by atoms with E-state index in [1.807, 2.05) is 38.1 Å². The van der Waals surface area contributed by atoms with Crippen molar-refractivity contribution in [2.75, 3.05) is 6.61 Å². The maximum atomic E-state index is 11.7. The number of nitrogens with zero attached hydrogens (tertiary/aromatic N) is 1. The second-order valence-corrected chi connectivity index (χ2v) is 6.23. The van der Waals surface area contributed by atoms with E-state index < -0.39 is 0 Å². The van der Waals surface area contributed by atoms with Crippen LogP contribution in [-0.4, -0.2) is 29.5 Å². The van der Waals surface area contributed by atoms with Crippen LogP contribution in [0.15, 0.2) is 24.3 Å². The van der Waals surface area contributed by atoms with Gasteiger partial charge in [0.2, 0.25) is 0 Å². The van der Waals surface area contributed by atoms with Crippen LogP contribution in [-0.2, 0) is 20.7 Å². The van der Waals surface area contributed by atoms with Crippen molar-refractivity contribution in [3.63, 3.8) is 0 Å². The van der Waals surface area contributed by atoms with E-state index >= 15 is 0 Å². The molecule has 6 heteroatoms. The molecule has 0 aliphatic heterocycles. The number of hydrogen-bond donors (Lipinski definition) is 1. The van der Waals surface area contributed by atoms with Gasteiger partial charge >= 0.3 is 5.97 Å². The van der Waals surface area contributed by atoms with Crippen LogP contribution in [0.25, 0.3) is 10.2 Å². The third kappa shape index (κ3) is 4.80. The summed E-state index contributed by atoms with van der Waals surface area (Å²) >= 11 is 1.58. The molecule has 2 rings (SSSR count). The summed E-state index contributed by atoms with van der Waals surface area (Å²) < 4.78 is 6.08. The number of para-hydroxylation sites is 1. The molecular weight excluding hydrogens is 300 g/mol. The molecule has 22 heavy (non-hydrogen) atoms. The zero-order chi connectivity index (χ0) is 15.9. The number of fused-ring (bicyclic) bond motifs is 1. The molecule has 0 aliphatic rings. The molecular formula is C16H20N2O3S. The number of ether oxygens (including phenoxy) is 1. The molecule has 0 radical (unpaired) electrons. The fourth-order valence-electron chi connectivity index (χ4n) is 1.87. The normalized spacial score (nSPS) is 12.1. The molecule has 0 spiro atoms. The fourth-order valence-corrected chi connectivity index (χ4v) is 2.84. The van der Waals surface area contributed by atoms with Crippen LogP contribution in [0.2, 0.25) is 0 Å². The average Bonchev–Trinajstić information content (AvgIpc) is 2.93. The predicted octanol–water partition coefficient (Wildman–Crippen LogP) is 2.69. The SMILES string of the molecule is CCC(C)NC(=O)COC(=O)CCc1nc2ccccc2s1. The highest BCUT2D eigenvalue weighted by Crippen LogP contribution is 2.22. The van der Waals surface area contributed by atoms with Crippen LogP contribution < -0.4 is 5.32 Å². The van der Waals surface area contributed by atoms with E-state index in [0.717, 1.165) is 21.6 Å². The molecule has 0 bridgehead atoms. The number of carbonyl (C=O) groups excluding carboxylic acids is 2. The Balaban J connectivity index is 1.74. The largest absolute Gasteiger partial charge is 0.456 e. The lowest BCUT2D eigenvalue weighted by molar-refractivity contribution is -0.148. The average molecular weight is 320 g/mol. The smallest absolute Gasteiger partial charge is 0.306 e. The first kappa shape index (κ1) is 16.4. The lowest BCUT2D eigenvalue weighted by Gasteiger charge is -2.11. The van der Waals surface area contributed by atoms with Gasteiger partial charge in [-0.15, -0.1) is 11.3 Å². The van der Waals surface area contributed by atoms with Gasteiger partial charge in [0.15, 0.2) is 6.61 Å². The van der Waals surface area contributed by atoms with Crippen molar-refractivity contribution < 1.29 is 14.3 Å². The van der Waals surface area contributed by atoms with Crippen molar-refractivity contribution in [2.24, 2.45) is 0 Å². The third-order valence-electron chi connectivity index (χ3n) is 3.27. The van der Waals surface area contributed by atoms with Crippen molar-refractivity contribution in [1.29, 1.82) is 0 Å². The zero-order valence-corrected chi connectivity index (χ0v) is 13.6. The highest BCUT2D eigenvalue weighted by atomic mass is 32.1. The fraction of sp³-hybridized carbons (Fsp3) is 0.438. The van der Waals surface area contributed by atoms with E-state index in [1.54, 1.807) is 11.3 Å². The summed E-state index contributed by atoms with van der Waals surface area (Å²) in [5.41, 5.74) is 0.948. The van der Waals surface area contributed by atoms with Gasteiger partial charge in [-0.2, -0.15) is 0 Å². The van der Waals surface area contributed by atoms with Crippen molar-refractivity contribution in [3.05, 3.63) is 29.3 Å². The number of hydrogen-bond acceptors (Lipinski definition) is 5. The minimum absolute atomic E-state index is 0.0916. The van der Waals surface area contributed by atoms with E-state index in [2.05, 4.69) is 10.3 Å². The van der Waals surface area contributed by atoms with E-state index in [9.17, 15) is 9.59 Å². The Morgan fingerprint density at radius 1 is 1.36 bits per heavy atom. The van der Waals surface area contributed by atoms with Crippen molar-refractivity contribution in [1.82, 2.24) is 10.3 Å². The summed E-state index contributed by atoms with van der Waals surface area (Å²) in [6, 6.07) is 7.96. The van der Waals surface area contributed by atoms with Gasteiger partial charge in [-0.25, -0.2) is 4.98 Å². The van der Waals surface area contributed by atoms with Crippen LogP contribution in [0.4, 0.5) is 0 Å². The Kier molecular flexibility index (Phi) is 5.89. The van der Waals surface area contributed by atoms with Gasteiger partial charge in [0.05, 0.1) is 21.6 Å². The Hall–Kier alpha value is -1.95. The second kappa shape index (κ2) is 7.89. The molecule has 0 saturated carbocycles. The van der Waals surface area contributed by atoms with Crippen LogP contribution in [0.5, 0.6) is 0 Å². The minimum Gasteiger partial charge on any atom is -0.456 e. The molecule has 1 atom stereocenters. The molecule has 1 N–H and O–H groups in total. The van der Waals surface area contributed by atoms with Gasteiger partial charge in [-0.1, -0.05) is 19.1 Å². The van der Waals surface area contributed by atoms with E-state index in [0.29, 0.717) is 6.42 Å². The predicted molar refractivity (Wildman–Crippen MR) is 86.8 cm³/mol. The molecule has 1 heterocycles. The number of esters is 1. The summed E-state index contributed by atoms with van der Waals surface area (Å²) in [6.45, 7) is 3.67. The highest BCUT2D eigenvalue weighted by molar-refractivity contribution is 7.18. The molecule has 0 aliphatic carbocycles. The summed E-state index contributed by atoms with van der Waals surface area (Å²) in [6.07, 6.45) is 1.61. The quantitative estimate of drug-likeness (QED) is 0.796. The van der Waals surface area contributed by atoms with Crippen LogP contribution >= 0.6 is 11.3 Å². The zero-order valence-electron chi connectivity index (χ0n) is 12.8. The molecule has 1 aromatic heterocycles. The number of carbonyl (C=O) groups is 2. The number of thiazole rings is 1. The van der Waals surface area contributed by atoms with Gasteiger partial charge in [0.25, 0.3) is 5.91 Å². The van der Waals surface area contributed by atoms with Crippen LogP contribution in [0, 0.1) is 0 Å². The van der Waals surface area contributed by atoms with E-state index in [-0.39, 0.29) is 30.9 Å². The molecule has 0 saturated heterocycles. The number of amides is 1. The van der Waals surface area contributed by atoms with Crippen molar-refractivity contribution in [2.45, 2.75) is 39.2 Å². The standard InChI is InChI=1S/C16H20N2O3S/c1-3-11(2)17-14(19)10-21-16(20)9-8-15-18-12-6-4-5-7-13(12)22-15/h4-7,11H,3,8-10H2,1-2H3,(H,17,19). The lowest BCUT2D eigenvalue weighted by atomic mass is 10.2. The number of rotatable bonds is 7. The first-order valence-electron chi connectivity index (χ1n) is 7.38. The van der Waals surface area contributed by atoms with Crippen LogP contribution in [0.3, 0.4) is 0 Å². The van der Waals surface area contributed by atoms with Crippen LogP contribution in [0.1, 0.15) is 31.7 Å². The molecule has 0 fully saturated rings. The van der Waals surface area contributed by atoms with E-state index in [1.165, 1.54) is 0 Å². The number of nitrogens with one attached hydrogen (secondary N) is 1. The van der Waals surface area contributed by atoms with Gasteiger partial charge in [-0.3, -0.25) is 9.59 Å². The topological polar surface area (TPSA) is 68.3 Å². The Morgan fingerprint density at radius 2 is 2.14 bits per heavy atom. The lowest BCUT2D eigenvalue weighted by Crippen LogP contribution is -2.35. The maximum absolute atomic E-state index is 11.7. The second-order valence-electron chi connectivity index (χ2n) is 5.11. The summed E-state index contributed by atoms with van der Waals surface area (Å²) in [4.78, 5) is 27.6. The Labute approximate surface area is 133 Å². The molecule has 1 aromatic carbocycles.